The largest absolute Gasteiger partial charge is 0.416 e. The van der Waals surface area contributed by atoms with E-state index in [1.807, 2.05) is 0 Å². The smallest absolute Gasteiger partial charge is 0.396 e. The van der Waals surface area contributed by atoms with Gasteiger partial charge < -0.3 is 27.1 Å². The summed E-state index contributed by atoms with van der Waals surface area (Å²) in [6, 6.07) is 10.2. The van der Waals surface area contributed by atoms with E-state index in [1.54, 1.807) is 22.8 Å². The highest BCUT2D eigenvalue weighted by atomic mass is 19.4. The zero-order valence-electron chi connectivity index (χ0n) is 19.2. The minimum Gasteiger partial charge on any atom is -0.396 e. The first kappa shape index (κ1) is 24.6. The molecule has 1 amide bonds. The summed E-state index contributed by atoms with van der Waals surface area (Å²) in [6.07, 6.45) is -0.788. The first-order chi connectivity index (χ1) is 16.5. The van der Waals surface area contributed by atoms with Crippen LogP contribution in [0.15, 0.2) is 42.5 Å². The van der Waals surface area contributed by atoms with Crippen molar-refractivity contribution < 1.29 is 18.0 Å². The summed E-state index contributed by atoms with van der Waals surface area (Å²) >= 11 is 0. The van der Waals surface area contributed by atoms with Crippen LogP contribution in [0.3, 0.4) is 0 Å². The molecular formula is C25H29F3N6O. The van der Waals surface area contributed by atoms with Crippen molar-refractivity contribution in [3.05, 3.63) is 64.8 Å². The average molecular weight is 487 g/mol. The highest BCUT2D eigenvalue weighted by molar-refractivity contribution is 6.09. The van der Waals surface area contributed by atoms with Gasteiger partial charge in [0.25, 0.3) is 5.91 Å². The maximum Gasteiger partial charge on any atom is 0.416 e. The predicted molar refractivity (Wildman–Crippen MR) is 130 cm³/mol. The second kappa shape index (κ2) is 9.61. The standard InChI is InChI=1S/C25H29F3N6O/c26-25(27,28)16-4-1-14(2-5-16)11-12-34-20-13-15(23(31)32)3-10-19(20)21(30)22(34)24(35)33-18-8-6-17(29)7-9-18/h1-5,10,13,17-18H,6-9,11-12,29-30H2,(H3,31,32)(H,33,35)/t17-,18-. The van der Waals surface area contributed by atoms with Crippen LogP contribution in [-0.2, 0) is 19.1 Å². The molecule has 0 radical (unpaired) electrons. The van der Waals surface area contributed by atoms with Gasteiger partial charge >= 0.3 is 6.18 Å². The fraction of sp³-hybridized carbons (Fsp3) is 0.360. The monoisotopic (exact) mass is 486 g/mol. The number of alkyl halides is 3. The molecule has 2 aromatic carbocycles. The maximum absolute atomic E-state index is 13.4. The zero-order chi connectivity index (χ0) is 25.3. The Morgan fingerprint density at radius 3 is 2.34 bits per heavy atom. The molecule has 0 aliphatic heterocycles. The predicted octanol–water partition coefficient (Wildman–Crippen LogP) is 3.77. The zero-order valence-corrected chi connectivity index (χ0v) is 19.2. The molecule has 1 saturated carbocycles. The van der Waals surface area contributed by atoms with Crippen molar-refractivity contribution in [3.8, 4) is 0 Å². The third-order valence-corrected chi connectivity index (χ3v) is 6.64. The number of halogens is 3. The maximum atomic E-state index is 13.4. The molecular weight excluding hydrogens is 457 g/mol. The summed E-state index contributed by atoms with van der Waals surface area (Å²) in [5.74, 6) is -0.429. The summed E-state index contributed by atoms with van der Waals surface area (Å²) < 4.78 is 40.5. The van der Waals surface area contributed by atoms with Gasteiger partial charge in [-0.3, -0.25) is 10.2 Å². The van der Waals surface area contributed by atoms with Gasteiger partial charge in [-0.1, -0.05) is 18.2 Å². The Bertz CT molecular complexity index is 1240. The quantitative estimate of drug-likeness (QED) is 0.268. The number of nitrogens with two attached hydrogens (primary N) is 3. The second-order valence-corrected chi connectivity index (χ2v) is 9.09. The van der Waals surface area contributed by atoms with Crippen LogP contribution >= 0.6 is 0 Å². The van der Waals surface area contributed by atoms with Crippen molar-refractivity contribution in [1.29, 1.82) is 5.41 Å². The van der Waals surface area contributed by atoms with Crippen LogP contribution in [0.5, 0.6) is 0 Å². The first-order valence-electron chi connectivity index (χ1n) is 11.5. The number of fused-ring (bicyclic) bond motifs is 1. The van der Waals surface area contributed by atoms with Gasteiger partial charge in [0.2, 0.25) is 0 Å². The van der Waals surface area contributed by atoms with E-state index in [2.05, 4.69) is 5.32 Å². The number of carbonyl (C=O) groups excluding carboxylic acids is 1. The molecule has 1 aliphatic rings. The first-order valence-corrected chi connectivity index (χ1v) is 11.5. The molecule has 186 valence electrons. The van der Waals surface area contributed by atoms with E-state index < -0.39 is 11.7 Å². The lowest BCUT2D eigenvalue weighted by molar-refractivity contribution is -0.137. The number of rotatable bonds is 6. The number of anilines is 1. The average Bonchev–Trinajstić information content (AvgIpc) is 3.10. The van der Waals surface area contributed by atoms with Crippen molar-refractivity contribution in [2.24, 2.45) is 11.5 Å². The Labute approximate surface area is 201 Å². The van der Waals surface area contributed by atoms with Crippen molar-refractivity contribution in [2.45, 2.75) is 56.9 Å². The molecule has 10 heteroatoms. The highest BCUT2D eigenvalue weighted by Gasteiger charge is 2.30. The van der Waals surface area contributed by atoms with Gasteiger partial charge in [-0.05, 0) is 61.9 Å². The van der Waals surface area contributed by atoms with Crippen LogP contribution < -0.4 is 22.5 Å². The van der Waals surface area contributed by atoms with E-state index in [0.717, 1.165) is 37.8 Å². The fourth-order valence-electron chi connectivity index (χ4n) is 4.64. The third-order valence-electron chi connectivity index (χ3n) is 6.64. The van der Waals surface area contributed by atoms with E-state index in [4.69, 9.17) is 22.6 Å². The molecule has 0 saturated heterocycles. The normalized spacial score (nSPS) is 18.5. The third kappa shape index (κ3) is 5.27. The Kier molecular flexibility index (Phi) is 6.75. The number of carbonyl (C=O) groups is 1. The summed E-state index contributed by atoms with van der Waals surface area (Å²) in [6.45, 7) is 0.304. The van der Waals surface area contributed by atoms with Gasteiger partial charge in [0.05, 0.1) is 16.8 Å². The van der Waals surface area contributed by atoms with Crippen LogP contribution in [0, 0.1) is 5.41 Å². The Morgan fingerprint density at radius 1 is 1.09 bits per heavy atom. The molecule has 0 bridgehead atoms. The number of hydrogen-bond donors (Lipinski definition) is 5. The SMILES string of the molecule is N=C(N)c1ccc2c(N)c(C(=O)N[C@H]3CC[C@H](N)CC3)n(CCc3ccc(C(F)(F)F)cc3)c2c1. The van der Waals surface area contributed by atoms with Crippen molar-refractivity contribution in [1.82, 2.24) is 9.88 Å². The van der Waals surface area contributed by atoms with Crippen LogP contribution in [0.2, 0.25) is 0 Å². The number of nitrogens with one attached hydrogen (secondary N) is 2. The van der Waals surface area contributed by atoms with Gasteiger partial charge in [-0.2, -0.15) is 13.2 Å². The van der Waals surface area contributed by atoms with Crippen molar-refractivity contribution in [2.75, 3.05) is 5.73 Å². The number of nitrogen functional groups attached to an aromatic ring is 2. The lowest BCUT2D eigenvalue weighted by Gasteiger charge is -2.27. The molecule has 1 aromatic heterocycles. The molecule has 3 aromatic rings. The van der Waals surface area contributed by atoms with Crippen molar-refractivity contribution in [3.63, 3.8) is 0 Å². The lowest BCUT2D eigenvalue weighted by Crippen LogP contribution is -2.41. The number of hydrogen-bond acceptors (Lipinski definition) is 4. The Balaban J connectivity index is 1.66. The summed E-state index contributed by atoms with van der Waals surface area (Å²) in [5, 5.41) is 11.5. The fourth-order valence-corrected chi connectivity index (χ4v) is 4.64. The van der Waals surface area contributed by atoms with E-state index >= 15 is 0 Å². The molecule has 7 nitrogen and oxygen atoms in total. The van der Waals surface area contributed by atoms with Gasteiger partial charge in [0, 0.05) is 29.6 Å². The van der Waals surface area contributed by atoms with Crippen molar-refractivity contribution >= 4 is 28.3 Å². The molecule has 1 fully saturated rings. The van der Waals surface area contributed by atoms with E-state index in [0.29, 0.717) is 46.4 Å². The van der Waals surface area contributed by atoms with E-state index in [-0.39, 0.29) is 23.8 Å². The van der Waals surface area contributed by atoms with E-state index in [9.17, 15) is 18.0 Å². The van der Waals surface area contributed by atoms with Crippen LogP contribution in [-0.4, -0.2) is 28.4 Å². The van der Waals surface area contributed by atoms with Gasteiger partial charge in [0.15, 0.2) is 0 Å². The molecule has 35 heavy (non-hydrogen) atoms. The number of benzene rings is 2. The van der Waals surface area contributed by atoms with Crippen LogP contribution in [0.25, 0.3) is 10.9 Å². The number of aryl methyl sites for hydroxylation is 2. The molecule has 8 N–H and O–H groups in total. The number of amidine groups is 1. The molecule has 1 heterocycles. The van der Waals surface area contributed by atoms with Gasteiger partial charge in [-0.15, -0.1) is 0 Å². The molecule has 1 aliphatic carbocycles. The molecule has 4 rings (SSSR count). The second-order valence-electron chi connectivity index (χ2n) is 9.09. The van der Waals surface area contributed by atoms with E-state index in [1.165, 1.54) is 12.1 Å². The number of nitrogens with zero attached hydrogens (tertiary/aromatic N) is 1. The molecule has 0 atom stereocenters. The summed E-state index contributed by atoms with van der Waals surface area (Å²) in [5.41, 5.74) is 19.8. The van der Waals surface area contributed by atoms with Gasteiger partial charge in [-0.25, -0.2) is 0 Å². The minimum absolute atomic E-state index is 0.00384. The van der Waals surface area contributed by atoms with Crippen LogP contribution in [0.4, 0.5) is 18.9 Å². The Hall–Kier alpha value is -3.53. The molecule has 0 spiro atoms. The summed E-state index contributed by atoms with van der Waals surface area (Å²) in [7, 11) is 0. The topological polar surface area (TPSA) is 136 Å². The molecule has 0 unspecified atom stereocenters. The minimum atomic E-state index is -4.40. The Morgan fingerprint density at radius 2 is 1.74 bits per heavy atom. The van der Waals surface area contributed by atoms with Crippen LogP contribution in [0.1, 0.15) is 52.9 Å². The van der Waals surface area contributed by atoms with Gasteiger partial charge in [0.1, 0.15) is 11.5 Å². The summed E-state index contributed by atoms with van der Waals surface area (Å²) in [4.78, 5) is 13.4. The number of amides is 1. The number of aromatic nitrogens is 1. The lowest BCUT2D eigenvalue weighted by atomic mass is 9.92. The highest BCUT2D eigenvalue weighted by Crippen LogP contribution is 2.32.